The number of amides is 2. The molecule has 2 aromatic carbocycles. The Labute approximate surface area is 175 Å². The van der Waals surface area contributed by atoms with Crippen LogP contribution in [0.1, 0.15) is 21.5 Å². The Balaban J connectivity index is 1.86. The molecule has 9 heteroatoms. The van der Waals surface area contributed by atoms with Crippen LogP contribution in [0.25, 0.3) is 0 Å². The maximum atomic E-state index is 12.9. The monoisotopic (exact) mass is 435 g/mol. The summed E-state index contributed by atoms with van der Waals surface area (Å²) in [4.78, 5) is 26.7. The molecule has 1 heterocycles. The van der Waals surface area contributed by atoms with Crippen LogP contribution in [-0.2, 0) is 14.8 Å². The molecule has 1 aliphatic rings. The third-order valence-corrected chi connectivity index (χ3v) is 6.69. The lowest BCUT2D eigenvalue weighted by atomic mass is 10.1. The number of benzene rings is 2. The molecule has 3 rings (SSSR count). The van der Waals surface area contributed by atoms with E-state index in [-0.39, 0.29) is 21.4 Å². The first kappa shape index (κ1) is 21.1. The third kappa shape index (κ3) is 4.71. The lowest BCUT2D eigenvalue weighted by Crippen LogP contribution is -2.48. The van der Waals surface area contributed by atoms with Crippen LogP contribution in [0.2, 0.25) is 5.02 Å². The normalized spacial score (nSPS) is 14.6. The topological polar surface area (TPSA) is 86.8 Å². The lowest BCUT2D eigenvalue weighted by Gasteiger charge is -2.32. The van der Waals surface area contributed by atoms with Gasteiger partial charge in [-0.3, -0.25) is 14.3 Å². The molecule has 0 unspecified atom stereocenters. The van der Waals surface area contributed by atoms with Crippen molar-refractivity contribution in [1.82, 2.24) is 9.80 Å². The van der Waals surface area contributed by atoms with Crippen LogP contribution in [0, 0.1) is 13.8 Å². The van der Waals surface area contributed by atoms with Gasteiger partial charge in [0.2, 0.25) is 6.41 Å². The van der Waals surface area contributed by atoms with Crippen LogP contribution in [0.3, 0.4) is 0 Å². The SMILES string of the molecule is Cc1ccc(NS(=O)(=O)c2cc(C(=O)N3CCN(C=O)CC3)ccc2Cl)c(C)c1. The summed E-state index contributed by atoms with van der Waals surface area (Å²) in [6.07, 6.45) is 0.757. The van der Waals surface area contributed by atoms with Gasteiger partial charge < -0.3 is 9.80 Å². The van der Waals surface area contributed by atoms with E-state index in [1.54, 1.807) is 15.9 Å². The van der Waals surface area contributed by atoms with Crippen molar-refractivity contribution in [1.29, 1.82) is 0 Å². The van der Waals surface area contributed by atoms with E-state index >= 15 is 0 Å². The Bertz CT molecular complexity index is 1050. The Hall–Kier alpha value is -2.58. The van der Waals surface area contributed by atoms with Crippen molar-refractivity contribution in [3.05, 3.63) is 58.1 Å². The standard InChI is InChI=1S/C20H22ClN3O4S/c1-14-3-6-18(15(2)11-14)22-29(27,28)19-12-16(4-5-17(19)21)20(26)24-9-7-23(13-25)8-10-24/h3-6,11-13,22H,7-10H2,1-2H3. The molecule has 0 saturated carbocycles. The molecule has 0 bridgehead atoms. The number of piperazine rings is 1. The van der Waals surface area contributed by atoms with Crippen molar-refractivity contribution in [2.75, 3.05) is 30.9 Å². The number of sulfonamides is 1. The molecule has 1 aliphatic heterocycles. The van der Waals surface area contributed by atoms with E-state index in [1.807, 2.05) is 26.0 Å². The third-order valence-electron chi connectivity index (χ3n) is 4.84. The van der Waals surface area contributed by atoms with Gasteiger partial charge in [0.25, 0.3) is 15.9 Å². The van der Waals surface area contributed by atoms with Crippen LogP contribution < -0.4 is 4.72 Å². The largest absolute Gasteiger partial charge is 0.342 e. The zero-order chi connectivity index (χ0) is 21.2. The van der Waals surface area contributed by atoms with Crippen LogP contribution in [0.15, 0.2) is 41.3 Å². The van der Waals surface area contributed by atoms with Gasteiger partial charge in [-0.25, -0.2) is 8.42 Å². The number of nitrogens with one attached hydrogen (secondary N) is 1. The summed E-state index contributed by atoms with van der Waals surface area (Å²) in [6, 6.07) is 9.59. The molecular weight excluding hydrogens is 414 g/mol. The number of rotatable bonds is 5. The summed E-state index contributed by atoms with van der Waals surface area (Å²) in [5, 5.41) is 0.0320. The predicted octanol–water partition coefficient (Wildman–Crippen LogP) is 2.67. The number of nitrogens with zero attached hydrogens (tertiary/aromatic N) is 2. The molecular formula is C20H22ClN3O4S. The molecule has 1 fully saturated rings. The van der Waals surface area contributed by atoms with Gasteiger partial charge in [-0.1, -0.05) is 29.3 Å². The second-order valence-corrected chi connectivity index (χ2v) is 9.06. The molecule has 0 spiro atoms. The van der Waals surface area contributed by atoms with E-state index in [9.17, 15) is 18.0 Å². The number of carbonyl (C=O) groups excluding carboxylic acids is 2. The van der Waals surface area contributed by atoms with E-state index < -0.39 is 10.0 Å². The van der Waals surface area contributed by atoms with Crippen molar-refractivity contribution < 1.29 is 18.0 Å². The molecule has 2 aromatic rings. The number of hydrogen-bond acceptors (Lipinski definition) is 4. The molecule has 2 amide bonds. The fourth-order valence-electron chi connectivity index (χ4n) is 3.18. The molecule has 29 heavy (non-hydrogen) atoms. The Morgan fingerprint density at radius 2 is 1.76 bits per heavy atom. The highest BCUT2D eigenvalue weighted by atomic mass is 35.5. The van der Waals surface area contributed by atoms with E-state index in [1.165, 1.54) is 18.2 Å². The summed E-state index contributed by atoms with van der Waals surface area (Å²) >= 11 is 6.15. The molecule has 0 radical (unpaired) electrons. The second-order valence-electron chi connectivity index (χ2n) is 7.00. The summed E-state index contributed by atoms with van der Waals surface area (Å²) in [6.45, 7) is 5.41. The average molecular weight is 436 g/mol. The highest BCUT2D eigenvalue weighted by molar-refractivity contribution is 7.92. The van der Waals surface area contributed by atoms with Gasteiger partial charge >= 0.3 is 0 Å². The minimum Gasteiger partial charge on any atom is -0.342 e. The quantitative estimate of drug-likeness (QED) is 0.731. The lowest BCUT2D eigenvalue weighted by molar-refractivity contribution is -0.119. The van der Waals surface area contributed by atoms with Crippen LogP contribution in [0.5, 0.6) is 0 Å². The zero-order valence-corrected chi connectivity index (χ0v) is 17.8. The Kier molecular flexibility index (Phi) is 6.14. The first-order valence-corrected chi connectivity index (χ1v) is 11.0. The minimum atomic E-state index is -3.99. The van der Waals surface area contributed by atoms with Crippen molar-refractivity contribution >= 4 is 39.6 Å². The van der Waals surface area contributed by atoms with Gasteiger partial charge in [0.05, 0.1) is 10.7 Å². The van der Waals surface area contributed by atoms with Gasteiger partial charge in [-0.05, 0) is 43.7 Å². The van der Waals surface area contributed by atoms with E-state index in [2.05, 4.69) is 4.72 Å². The van der Waals surface area contributed by atoms with E-state index in [0.717, 1.165) is 17.5 Å². The number of aryl methyl sites for hydroxylation is 2. The minimum absolute atomic E-state index is 0.0320. The maximum absolute atomic E-state index is 12.9. The fourth-order valence-corrected chi connectivity index (χ4v) is 4.84. The molecule has 1 saturated heterocycles. The number of carbonyl (C=O) groups is 2. The summed E-state index contributed by atoms with van der Waals surface area (Å²) < 4.78 is 28.4. The van der Waals surface area contributed by atoms with Gasteiger partial charge in [0.1, 0.15) is 4.90 Å². The molecule has 1 N–H and O–H groups in total. The van der Waals surface area contributed by atoms with E-state index in [4.69, 9.17) is 11.6 Å². The number of anilines is 1. The van der Waals surface area contributed by atoms with Crippen molar-refractivity contribution in [3.63, 3.8) is 0 Å². The van der Waals surface area contributed by atoms with Gasteiger partial charge in [0.15, 0.2) is 0 Å². The second kappa shape index (κ2) is 8.42. The highest BCUT2D eigenvalue weighted by Crippen LogP contribution is 2.27. The Morgan fingerprint density at radius 1 is 1.07 bits per heavy atom. The molecule has 0 atom stereocenters. The average Bonchev–Trinajstić information content (AvgIpc) is 2.70. The summed E-state index contributed by atoms with van der Waals surface area (Å²) in [7, 11) is -3.99. The zero-order valence-electron chi connectivity index (χ0n) is 16.2. The Morgan fingerprint density at radius 3 is 2.38 bits per heavy atom. The molecule has 154 valence electrons. The first-order chi connectivity index (χ1) is 13.7. The first-order valence-electron chi connectivity index (χ1n) is 9.09. The van der Waals surface area contributed by atoms with Gasteiger partial charge in [0, 0.05) is 31.7 Å². The fraction of sp³-hybridized carbons (Fsp3) is 0.300. The van der Waals surface area contributed by atoms with Crippen molar-refractivity contribution in [2.24, 2.45) is 0 Å². The molecule has 0 aromatic heterocycles. The van der Waals surface area contributed by atoms with Crippen molar-refractivity contribution in [2.45, 2.75) is 18.7 Å². The summed E-state index contributed by atoms with van der Waals surface area (Å²) in [5.74, 6) is -0.296. The summed E-state index contributed by atoms with van der Waals surface area (Å²) in [5.41, 5.74) is 2.49. The maximum Gasteiger partial charge on any atom is 0.263 e. The molecule has 0 aliphatic carbocycles. The van der Waals surface area contributed by atoms with Crippen molar-refractivity contribution in [3.8, 4) is 0 Å². The van der Waals surface area contributed by atoms with Crippen LogP contribution >= 0.6 is 11.6 Å². The highest BCUT2D eigenvalue weighted by Gasteiger charge is 2.25. The molecule has 7 nitrogen and oxygen atoms in total. The van der Waals surface area contributed by atoms with E-state index in [0.29, 0.717) is 31.9 Å². The number of hydrogen-bond donors (Lipinski definition) is 1. The smallest absolute Gasteiger partial charge is 0.263 e. The van der Waals surface area contributed by atoms with Gasteiger partial charge in [-0.15, -0.1) is 0 Å². The van der Waals surface area contributed by atoms with Crippen LogP contribution in [-0.4, -0.2) is 56.7 Å². The van der Waals surface area contributed by atoms with Gasteiger partial charge in [-0.2, -0.15) is 0 Å². The number of halogens is 1. The predicted molar refractivity (Wildman–Crippen MR) is 112 cm³/mol. The van der Waals surface area contributed by atoms with Crippen LogP contribution in [0.4, 0.5) is 5.69 Å².